The van der Waals surface area contributed by atoms with Crippen molar-refractivity contribution in [1.82, 2.24) is 5.32 Å². The number of hydrogen-bond donors (Lipinski definition) is 1. The summed E-state index contributed by atoms with van der Waals surface area (Å²) in [6, 6.07) is 9.70. The molecule has 102 valence electrons. The third kappa shape index (κ3) is 4.83. The molecule has 4 heteroatoms. The Morgan fingerprint density at radius 2 is 2.05 bits per heavy atom. The van der Waals surface area contributed by atoms with Gasteiger partial charge in [0, 0.05) is 12.5 Å². The third-order valence-corrected chi connectivity index (χ3v) is 3.22. The maximum atomic E-state index is 11.7. The van der Waals surface area contributed by atoms with E-state index in [2.05, 4.69) is 5.32 Å². The molecule has 1 aromatic carbocycles. The number of benzene rings is 1. The van der Waals surface area contributed by atoms with Crippen LogP contribution in [0.15, 0.2) is 30.3 Å². The van der Waals surface area contributed by atoms with Crippen molar-refractivity contribution in [2.75, 3.05) is 6.54 Å². The van der Waals surface area contributed by atoms with Crippen LogP contribution < -0.4 is 5.32 Å². The first-order valence-electron chi connectivity index (χ1n) is 6.68. The summed E-state index contributed by atoms with van der Waals surface area (Å²) in [4.78, 5) is 23.2. The van der Waals surface area contributed by atoms with Gasteiger partial charge in [-0.3, -0.25) is 9.59 Å². The minimum absolute atomic E-state index is 0.0440. The Labute approximate surface area is 113 Å². The van der Waals surface area contributed by atoms with Gasteiger partial charge in [0.2, 0.25) is 0 Å². The summed E-state index contributed by atoms with van der Waals surface area (Å²) in [5.41, 5.74) is 0.931. The monoisotopic (exact) mass is 261 g/mol. The van der Waals surface area contributed by atoms with Crippen LogP contribution in [-0.4, -0.2) is 24.3 Å². The van der Waals surface area contributed by atoms with E-state index in [1.165, 1.54) is 0 Å². The van der Waals surface area contributed by atoms with Gasteiger partial charge in [-0.15, -0.1) is 0 Å². The zero-order chi connectivity index (χ0) is 13.5. The van der Waals surface area contributed by atoms with Crippen molar-refractivity contribution >= 4 is 11.8 Å². The van der Waals surface area contributed by atoms with Crippen molar-refractivity contribution in [3.05, 3.63) is 35.9 Å². The van der Waals surface area contributed by atoms with E-state index in [0.717, 1.165) is 24.9 Å². The minimum Gasteiger partial charge on any atom is -0.460 e. The predicted octanol–water partition coefficient (Wildman–Crippen LogP) is 1.83. The molecule has 1 aromatic rings. The zero-order valence-corrected chi connectivity index (χ0v) is 10.9. The number of nitrogens with one attached hydrogen (secondary N) is 1. The van der Waals surface area contributed by atoms with E-state index in [9.17, 15) is 9.59 Å². The molecule has 0 radical (unpaired) electrons. The summed E-state index contributed by atoms with van der Waals surface area (Å²) in [7, 11) is 0. The van der Waals surface area contributed by atoms with Crippen LogP contribution in [0.4, 0.5) is 0 Å². The number of rotatable bonds is 6. The molecule has 0 aliphatic carbocycles. The van der Waals surface area contributed by atoms with Crippen LogP contribution in [-0.2, 0) is 20.9 Å². The molecule has 1 heterocycles. The van der Waals surface area contributed by atoms with Gasteiger partial charge in [-0.2, -0.15) is 0 Å². The first-order valence-corrected chi connectivity index (χ1v) is 6.68. The molecular weight excluding hydrogens is 242 g/mol. The molecule has 1 atom stereocenters. The lowest BCUT2D eigenvalue weighted by atomic mass is 10.1. The van der Waals surface area contributed by atoms with E-state index in [4.69, 9.17) is 4.74 Å². The molecule has 1 aliphatic heterocycles. The van der Waals surface area contributed by atoms with Gasteiger partial charge in [-0.25, -0.2) is 0 Å². The predicted molar refractivity (Wildman–Crippen MR) is 71.5 cm³/mol. The lowest BCUT2D eigenvalue weighted by molar-refractivity contribution is -0.147. The molecule has 1 N–H and O–H groups in total. The van der Waals surface area contributed by atoms with Crippen LogP contribution in [0.1, 0.15) is 31.2 Å². The second kappa shape index (κ2) is 7.04. The summed E-state index contributed by atoms with van der Waals surface area (Å²) in [6.07, 6.45) is 2.44. The Hall–Kier alpha value is -1.68. The van der Waals surface area contributed by atoms with Crippen molar-refractivity contribution in [1.29, 1.82) is 0 Å². The SMILES string of the molecule is O=C(CC(=O)OCc1ccccc1)CC1CCCN1. The highest BCUT2D eigenvalue weighted by atomic mass is 16.5. The van der Waals surface area contributed by atoms with Crippen molar-refractivity contribution in [3.63, 3.8) is 0 Å². The van der Waals surface area contributed by atoms with Gasteiger partial charge < -0.3 is 10.1 Å². The summed E-state index contributed by atoms with van der Waals surface area (Å²) >= 11 is 0. The second-order valence-electron chi connectivity index (χ2n) is 4.86. The number of carbonyl (C=O) groups is 2. The molecular formula is C15H19NO3. The number of carbonyl (C=O) groups excluding carboxylic acids is 2. The number of hydrogen-bond acceptors (Lipinski definition) is 4. The Kier molecular flexibility index (Phi) is 5.10. The van der Waals surface area contributed by atoms with Crippen LogP contribution in [0.5, 0.6) is 0 Å². The lowest BCUT2D eigenvalue weighted by Crippen LogP contribution is -2.25. The van der Waals surface area contributed by atoms with Crippen molar-refractivity contribution in [2.24, 2.45) is 0 Å². The van der Waals surface area contributed by atoms with E-state index < -0.39 is 5.97 Å². The summed E-state index contributed by atoms with van der Waals surface area (Å²) in [6.45, 7) is 1.20. The van der Waals surface area contributed by atoms with E-state index in [0.29, 0.717) is 6.42 Å². The summed E-state index contributed by atoms with van der Waals surface area (Å²) in [5.74, 6) is -0.482. The Morgan fingerprint density at radius 3 is 2.74 bits per heavy atom. The quantitative estimate of drug-likeness (QED) is 0.627. The average molecular weight is 261 g/mol. The molecule has 19 heavy (non-hydrogen) atoms. The van der Waals surface area contributed by atoms with Gasteiger partial charge >= 0.3 is 5.97 Å². The van der Waals surface area contributed by atoms with Gasteiger partial charge in [0.1, 0.15) is 18.8 Å². The number of esters is 1. The summed E-state index contributed by atoms with van der Waals surface area (Å²) in [5, 5.41) is 3.25. The first-order chi connectivity index (χ1) is 9.24. The molecule has 1 aliphatic rings. The smallest absolute Gasteiger partial charge is 0.313 e. The molecule has 1 unspecified atom stereocenters. The van der Waals surface area contributed by atoms with Crippen LogP contribution in [0.2, 0.25) is 0 Å². The summed E-state index contributed by atoms with van der Waals surface area (Å²) < 4.78 is 5.08. The molecule has 1 fully saturated rings. The number of Topliss-reactive ketones (excluding diaryl/α,β-unsaturated/α-hetero) is 1. The highest BCUT2D eigenvalue weighted by molar-refractivity contribution is 5.95. The number of ether oxygens (including phenoxy) is 1. The molecule has 0 aromatic heterocycles. The molecule has 0 amide bonds. The molecule has 1 saturated heterocycles. The van der Waals surface area contributed by atoms with Crippen LogP contribution in [0.25, 0.3) is 0 Å². The molecule has 4 nitrogen and oxygen atoms in total. The van der Waals surface area contributed by atoms with E-state index >= 15 is 0 Å². The Balaban J connectivity index is 1.67. The van der Waals surface area contributed by atoms with Crippen LogP contribution in [0.3, 0.4) is 0 Å². The zero-order valence-electron chi connectivity index (χ0n) is 10.9. The fourth-order valence-corrected chi connectivity index (χ4v) is 2.23. The third-order valence-electron chi connectivity index (χ3n) is 3.22. The minimum atomic E-state index is -0.438. The van der Waals surface area contributed by atoms with Gasteiger partial charge in [0.15, 0.2) is 0 Å². The normalized spacial score (nSPS) is 18.2. The maximum absolute atomic E-state index is 11.7. The Bertz CT molecular complexity index is 424. The highest BCUT2D eigenvalue weighted by Gasteiger charge is 2.19. The van der Waals surface area contributed by atoms with Gasteiger partial charge in [0.05, 0.1) is 0 Å². The van der Waals surface area contributed by atoms with Gasteiger partial charge in [0.25, 0.3) is 0 Å². The van der Waals surface area contributed by atoms with E-state index in [-0.39, 0.29) is 24.9 Å². The van der Waals surface area contributed by atoms with Crippen molar-refractivity contribution < 1.29 is 14.3 Å². The molecule has 0 spiro atoms. The van der Waals surface area contributed by atoms with Crippen molar-refractivity contribution in [2.45, 2.75) is 38.3 Å². The van der Waals surface area contributed by atoms with Gasteiger partial charge in [-0.05, 0) is 24.9 Å². The highest BCUT2D eigenvalue weighted by Crippen LogP contribution is 2.10. The molecule has 2 rings (SSSR count). The average Bonchev–Trinajstić information content (AvgIpc) is 2.90. The topological polar surface area (TPSA) is 55.4 Å². The largest absolute Gasteiger partial charge is 0.460 e. The second-order valence-corrected chi connectivity index (χ2v) is 4.86. The Morgan fingerprint density at radius 1 is 1.26 bits per heavy atom. The van der Waals surface area contributed by atoms with Crippen LogP contribution >= 0.6 is 0 Å². The van der Waals surface area contributed by atoms with Gasteiger partial charge in [-0.1, -0.05) is 30.3 Å². The van der Waals surface area contributed by atoms with Crippen LogP contribution in [0, 0.1) is 0 Å². The molecule has 0 bridgehead atoms. The first kappa shape index (κ1) is 13.7. The maximum Gasteiger partial charge on any atom is 0.313 e. The molecule has 0 saturated carbocycles. The fourth-order valence-electron chi connectivity index (χ4n) is 2.23. The standard InChI is InChI=1S/C15H19NO3/c17-14(9-13-7-4-8-16-13)10-15(18)19-11-12-5-2-1-3-6-12/h1-3,5-6,13,16H,4,7-11H2. The van der Waals surface area contributed by atoms with Crippen molar-refractivity contribution in [3.8, 4) is 0 Å². The fraction of sp³-hybridized carbons (Fsp3) is 0.467. The number of ketones is 1. The van der Waals surface area contributed by atoms with E-state index in [1.54, 1.807) is 0 Å². The van der Waals surface area contributed by atoms with E-state index in [1.807, 2.05) is 30.3 Å². The lowest BCUT2D eigenvalue weighted by Gasteiger charge is -2.08.